The lowest BCUT2D eigenvalue weighted by Gasteiger charge is -2.01. The summed E-state index contributed by atoms with van der Waals surface area (Å²) in [6, 6.07) is 5.66. The Morgan fingerprint density at radius 3 is 2.88 bits per heavy atom. The second kappa shape index (κ2) is 3.30. The lowest BCUT2D eigenvalue weighted by atomic mass is 10.2. The Balaban J connectivity index is 2.29. The molecule has 0 bridgehead atoms. The molecule has 2 N–H and O–H groups in total. The summed E-state index contributed by atoms with van der Waals surface area (Å²) in [6.45, 7) is 0. The molecule has 1 aromatic carbocycles. The molecule has 0 aliphatic heterocycles. The first-order valence-corrected chi connectivity index (χ1v) is 4.84. The smallest absolute Gasteiger partial charge is 0.172 e. The quantitative estimate of drug-likeness (QED) is 0.617. The molecular formula is C11H9N5. The normalized spacial score (nSPS) is 10.8. The summed E-state index contributed by atoms with van der Waals surface area (Å²) >= 11 is 0. The highest BCUT2D eigenvalue weighted by Crippen LogP contribution is 2.19. The molecule has 0 amide bonds. The SMILES string of the molecule is Nc1ccc2cnn(-c3cnccn3)c2c1. The number of nitrogens with zero attached hydrogens (tertiary/aromatic N) is 4. The van der Waals surface area contributed by atoms with Gasteiger partial charge >= 0.3 is 0 Å². The van der Waals surface area contributed by atoms with Gasteiger partial charge in [-0.3, -0.25) is 4.98 Å². The topological polar surface area (TPSA) is 69.6 Å². The summed E-state index contributed by atoms with van der Waals surface area (Å²) in [7, 11) is 0. The van der Waals surface area contributed by atoms with Gasteiger partial charge in [0.25, 0.3) is 0 Å². The van der Waals surface area contributed by atoms with Crippen LogP contribution >= 0.6 is 0 Å². The van der Waals surface area contributed by atoms with Crippen LogP contribution in [-0.2, 0) is 0 Å². The maximum absolute atomic E-state index is 5.75. The Kier molecular flexibility index (Phi) is 1.83. The van der Waals surface area contributed by atoms with Crippen LogP contribution in [0.2, 0.25) is 0 Å². The van der Waals surface area contributed by atoms with Crippen LogP contribution in [0, 0.1) is 0 Å². The van der Waals surface area contributed by atoms with Gasteiger partial charge in [-0.15, -0.1) is 0 Å². The second-order valence-electron chi connectivity index (χ2n) is 3.44. The Hall–Kier alpha value is -2.43. The third-order valence-corrected chi connectivity index (χ3v) is 2.36. The van der Waals surface area contributed by atoms with Crippen LogP contribution < -0.4 is 5.73 Å². The number of fused-ring (bicyclic) bond motifs is 1. The van der Waals surface area contributed by atoms with Crippen LogP contribution in [0.1, 0.15) is 0 Å². The first-order valence-electron chi connectivity index (χ1n) is 4.84. The molecule has 2 aromatic heterocycles. The Bertz CT molecular complexity index is 629. The first kappa shape index (κ1) is 8.84. The molecular weight excluding hydrogens is 202 g/mol. The van der Waals surface area contributed by atoms with Gasteiger partial charge in [-0.05, 0) is 18.2 Å². The minimum absolute atomic E-state index is 0.683. The van der Waals surface area contributed by atoms with E-state index in [1.165, 1.54) is 0 Å². The number of aromatic nitrogens is 4. The number of benzene rings is 1. The molecule has 0 atom stereocenters. The molecule has 3 aromatic rings. The van der Waals surface area contributed by atoms with E-state index >= 15 is 0 Å². The van der Waals surface area contributed by atoms with Crippen molar-refractivity contribution in [2.45, 2.75) is 0 Å². The number of hydrogen-bond donors (Lipinski definition) is 1. The lowest BCUT2D eigenvalue weighted by molar-refractivity contribution is 0.864. The van der Waals surface area contributed by atoms with Gasteiger partial charge in [0.2, 0.25) is 0 Å². The summed E-state index contributed by atoms with van der Waals surface area (Å²) in [5.74, 6) is 0.683. The highest BCUT2D eigenvalue weighted by Gasteiger charge is 2.05. The van der Waals surface area contributed by atoms with Crippen LogP contribution in [0.3, 0.4) is 0 Å². The summed E-state index contributed by atoms with van der Waals surface area (Å²) < 4.78 is 1.72. The van der Waals surface area contributed by atoms with Crippen LogP contribution in [-0.4, -0.2) is 19.7 Å². The van der Waals surface area contributed by atoms with E-state index in [0.717, 1.165) is 10.9 Å². The molecule has 0 fully saturated rings. The van der Waals surface area contributed by atoms with Gasteiger partial charge in [-0.2, -0.15) is 5.10 Å². The highest BCUT2D eigenvalue weighted by molar-refractivity contribution is 5.82. The van der Waals surface area contributed by atoms with Crippen molar-refractivity contribution in [3.05, 3.63) is 43.0 Å². The zero-order valence-electron chi connectivity index (χ0n) is 8.41. The fraction of sp³-hybridized carbons (Fsp3) is 0. The number of hydrogen-bond acceptors (Lipinski definition) is 4. The summed E-state index contributed by atoms with van der Waals surface area (Å²) in [4.78, 5) is 8.21. The third kappa shape index (κ3) is 1.30. The molecule has 3 rings (SSSR count). The van der Waals surface area contributed by atoms with E-state index in [1.807, 2.05) is 18.2 Å². The summed E-state index contributed by atoms with van der Waals surface area (Å²) in [5, 5.41) is 5.29. The predicted molar refractivity (Wildman–Crippen MR) is 61.1 cm³/mol. The molecule has 0 unspecified atom stereocenters. The van der Waals surface area contributed by atoms with E-state index in [2.05, 4.69) is 15.1 Å². The zero-order chi connectivity index (χ0) is 11.0. The van der Waals surface area contributed by atoms with E-state index in [1.54, 1.807) is 29.5 Å². The molecule has 2 heterocycles. The van der Waals surface area contributed by atoms with Crippen LogP contribution in [0.4, 0.5) is 5.69 Å². The molecule has 0 aliphatic rings. The van der Waals surface area contributed by atoms with Gasteiger partial charge < -0.3 is 5.73 Å². The maximum Gasteiger partial charge on any atom is 0.172 e. The monoisotopic (exact) mass is 211 g/mol. The van der Waals surface area contributed by atoms with Gasteiger partial charge in [0.15, 0.2) is 5.82 Å². The van der Waals surface area contributed by atoms with Gasteiger partial charge in [0.1, 0.15) is 0 Å². The second-order valence-corrected chi connectivity index (χ2v) is 3.44. The zero-order valence-corrected chi connectivity index (χ0v) is 8.41. The van der Waals surface area contributed by atoms with Gasteiger partial charge in [0, 0.05) is 23.5 Å². The maximum atomic E-state index is 5.75. The van der Waals surface area contributed by atoms with E-state index in [4.69, 9.17) is 5.73 Å². The Morgan fingerprint density at radius 2 is 2.06 bits per heavy atom. The number of nitrogen functional groups attached to an aromatic ring is 1. The first-order chi connectivity index (χ1) is 7.84. The van der Waals surface area contributed by atoms with Crippen LogP contribution in [0.5, 0.6) is 0 Å². The standard InChI is InChI=1S/C11H9N5/c12-9-2-1-8-6-15-16(10(8)5-9)11-7-13-3-4-14-11/h1-7H,12H2. The summed E-state index contributed by atoms with van der Waals surface area (Å²) in [5.41, 5.74) is 7.39. The molecule has 0 saturated carbocycles. The molecule has 78 valence electrons. The lowest BCUT2D eigenvalue weighted by Crippen LogP contribution is -1.99. The van der Waals surface area contributed by atoms with Crippen molar-refractivity contribution in [1.82, 2.24) is 19.7 Å². The highest BCUT2D eigenvalue weighted by atomic mass is 15.3. The minimum Gasteiger partial charge on any atom is -0.399 e. The molecule has 16 heavy (non-hydrogen) atoms. The van der Waals surface area contributed by atoms with Crippen molar-refractivity contribution in [3.8, 4) is 5.82 Å². The molecule has 0 radical (unpaired) electrons. The molecule has 0 aliphatic carbocycles. The largest absolute Gasteiger partial charge is 0.399 e. The van der Waals surface area contributed by atoms with Crippen molar-refractivity contribution in [2.75, 3.05) is 5.73 Å². The van der Waals surface area contributed by atoms with Crippen molar-refractivity contribution in [3.63, 3.8) is 0 Å². The number of anilines is 1. The summed E-state index contributed by atoms with van der Waals surface area (Å²) in [6.07, 6.45) is 6.71. The van der Waals surface area contributed by atoms with Crippen LogP contribution in [0.25, 0.3) is 16.7 Å². The fourth-order valence-corrected chi connectivity index (χ4v) is 1.62. The van der Waals surface area contributed by atoms with Crippen molar-refractivity contribution in [2.24, 2.45) is 0 Å². The van der Waals surface area contributed by atoms with Crippen molar-refractivity contribution >= 4 is 16.6 Å². The van der Waals surface area contributed by atoms with Crippen molar-refractivity contribution in [1.29, 1.82) is 0 Å². The number of nitrogens with two attached hydrogens (primary N) is 1. The van der Waals surface area contributed by atoms with E-state index < -0.39 is 0 Å². The predicted octanol–water partition coefficient (Wildman–Crippen LogP) is 1.40. The van der Waals surface area contributed by atoms with Crippen molar-refractivity contribution < 1.29 is 0 Å². The van der Waals surface area contributed by atoms with E-state index in [9.17, 15) is 0 Å². The van der Waals surface area contributed by atoms with Gasteiger partial charge in [0.05, 0.1) is 17.9 Å². The molecule has 0 saturated heterocycles. The average Bonchev–Trinajstić information content (AvgIpc) is 2.73. The van der Waals surface area contributed by atoms with Gasteiger partial charge in [-0.25, -0.2) is 9.67 Å². The van der Waals surface area contributed by atoms with E-state index in [0.29, 0.717) is 11.5 Å². The van der Waals surface area contributed by atoms with Crippen LogP contribution in [0.15, 0.2) is 43.0 Å². The Morgan fingerprint density at radius 1 is 1.12 bits per heavy atom. The fourth-order valence-electron chi connectivity index (χ4n) is 1.62. The van der Waals surface area contributed by atoms with Gasteiger partial charge in [-0.1, -0.05) is 0 Å². The Labute approximate surface area is 91.6 Å². The minimum atomic E-state index is 0.683. The average molecular weight is 211 g/mol. The molecule has 0 spiro atoms. The molecule has 5 nitrogen and oxygen atoms in total. The number of rotatable bonds is 1. The molecule has 5 heteroatoms. The third-order valence-electron chi connectivity index (χ3n) is 2.36. The van der Waals surface area contributed by atoms with E-state index in [-0.39, 0.29) is 0 Å².